The van der Waals surface area contributed by atoms with Crippen molar-refractivity contribution in [3.8, 4) is 16.9 Å². The predicted octanol–water partition coefficient (Wildman–Crippen LogP) is 1.38. The lowest BCUT2D eigenvalue weighted by molar-refractivity contribution is -0.146. The average molecular weight is 329 g/mol. The minimum atomic E-state index is -1.10. The van der Waals surface area contributed by atoms with E-state index in [2.05, 4.69) is 10.1 Å². The van der Waals surface area contributed by atoms with Gasteiger partial charge in [-0.25, -0.2) is 4.79 Å². The molecule has 1 amide bonds. The molecule has 0 unspecified atom stereocenters. The number of esters is 1. The monoisotopic (exact) mass is 329 g/mol. The fraction of sp³-hybridized carbons (Fsp3) is 0.222. The Balaban J connectivity index is 2.02. The van der Waals surface area contributed by atoms with Gasteiger partial charge in [-0.15, -0.1) is 0 Å². The standard InChI is InChI=1S/C18H19NO5/c1-23-18(22)15(11-20)19-17(21)12-24-16-10-6-5-9-14(16)13-7-3-2-4-8-13/h2-10,15,20H,11-12H2,1H3,(H,19,21)/t15-/m1/s1. The van der Waals surface area contributed by atoms with Crippen LogP contribution in [0.4, 0.5) is 0 Å². The van der Waals surface area contributed by atoms with Crippen LogP contribution in [0.5, 0.6) is 5.75 Å². The normalized spacial score (nSPS) is 11.4. The number of rotatable bonds is 7. The maximum atomic E-state index is 11.9. The van der Waals surface area contributed by atoms with Crippen LogP contribution in [0.25, 0.3) is 11.1 Å². The van der Waals surface area contributed by atoms with E-state index in [1.54, 1.807) is 6.07 Å². The third kappa shape index (κ3) is 4.57. The van der Waals surface area contributed by atoms with Crippen LogP contribution in [0.2, 0.25) is 0 Å². The van der Waals surface area contributed by atoms with Gasteiger partial charge < -0.3 is 19.9 Å². The van der Waals surface area contributed by atoms with Crippen molar-refractivity contribution in [3.05, 3.63) is 54.6 Å². The Kier molecular flexibility index (Phi) is 6.33. The number of hydrogen-bond acceptors (Lipinski definition) is 5. The third-order valence-corrected chi connectivity index (χ3v) is 3.33. The Bertz CT molecular complexity index is 687. The largest absolute Gasteiger partial charge is 0.483 e. The van der Waals surface area contributed by atoms with E-state index in [4.69, 9.17) is 9.84 Å². The molecule has 0 heterocycles. The highest BCUT2D eigenvalue weighted by Gasteiger charge is 2.20. The summed E-state index contributed by atoms with van der Waals surface area (Å²) in [5, 5.41) is 11.5. The number of aliphatic hydroxyl groups is 1. The molecule has 0 aliphatic heterocycles. The number of benzene rings is 2. The minimum absolute atomic E-state index is 0.280. The lowest BCUT2D eigenvalue weighted by Crippen LogP contribution is -2.45. The molecule has 0 fully saturated rings. The maximum absolute atomic E-state index is 11.9. The van der Waals surface area contributed by atoms with Gasteiger partial charge >= 0.3 is 5.97 Å². The Morgan fingerprint density at radius 3 is 2.42 bits per heavy atom. The molecule has 126 valence electrons. The van der Waals surface area contributed by atoms with Gasteiger partial charge in [-0.05, 0) is 11.6 Å². The van der Waals surface area contributed by atoms with Gasteiger partial charge in [-0.2, -0.15) is 0 Å². The molecule has 0 aromatic heterocycles. The van der Waals surface area contributed by atoms with Crippen LogP contribution < -0.4 is 10.1 Å². The van der Waals surface area contributed by atoms with Gasteiger partial charge in [-0.3, -0.25) is 4.79 Å². The van der Waals surface area contributed by atoms with Crippen molar-refractivity contribution in [2.45, 2.75) is 6.04 Å². The summed E-state index contributed by atoms with van der Waals surface area (Å²) in [4.78, 5) is 23.3. The average Bonchev–Trinajstić information content (AvgIpc) is 2.64. The van der Waals surface area contributed by atoms with E-state index >= 15 is 0 Å². The van der Waals surface area contributed by atoms with Gasteiger partial charge in [0.15, 0.2) is 12.6 Å². The number of amides is 1. The van der Waals surface area contributed by atoms with Crippen LogP contribution in [0.1, 0.15) is 0 Å². The van der Waals surface area contributed by atoms with Gasteiger partial charge in [0, 0.05) is 5.56 Å². The predicted molar refractivity (Wildman–Crippen MR) is 88.4 cm³/mol. The van der Waals surface area contributed by atoms with Gasteiger partial charge in [0.25, 0.3) is 5.91 Å². The van der Waals surface area contributed by atoms with E-state index in [9.17, 15) is 9.59 Å². The fourth-order valence-electron chi connectivity index (χ4n) is 2.15. The van der Waals surface area contributed by atoms with Crippen molar-refractivity contribution in [2.75, 3.05) is 20.3 Å². The van der Waals surface area contributed by atoms with Gasteiger partial charge in [0.05, 0.1) is 13.7 Å². The molecule has 24 heavy (non-hydrogen) atoms. The van der Waals surface area contributed by atoms with Crippen molar-refractivity contribution in [3.63, 3.8) is 0 Å². The van der Waals surface area contributed by atoms with Crippen LogP contribution in [0, 0.1) is 0 Å². The molecule has 2 rings (SSSR count). The molecule has 0 aliphatic rings. The zero-order valence-corrected chi connectivity index (χ0v) is 13.3. The van der Waals surface area contributed by atoms with E-state index in [0.29, 0.717) is 5.75 Å². The zero-order chi connectivity index (χ0) is 17.4. The second-order valence-electron chi connectivity index (χ2n) is 4.98. The first-order chi connectivity index (χ1) is 11.7. The molecular weight excluding hydrogens is 310 g/mol. The molecular formula is C18H19NO5. The summed E-state index contributed by atoms with van der Waals surface area (Å²) in [6, 6.07) is 15.9. The second-order valence-corrected chi connectivity index (χ2v) is 4.98. The summed E-state index contributed by atoms with van der Waals surface area (Å²) >= 11 is 0. The Labute approximate surface area is 140 Å². The molecule has 2 aromatic rings. The van der Waals surface area contributed by atoms with E-state index in [-0.39, 0.29) is 6.61 Å². The highest BCUT2D eigenvalue weighted by atomic mass is 16.5. The summed E-state index contributed by atoms with van der Waals surface area (Å²) < 4.78 is 10.1. The number of carbonyl (C=O) groups excluding carboxylic acids is 2. The number of hydrogen-bond donors (Lipinski definition) is 2. The number of nitrogens with one attached hydrogen (secondary N) is 1. The summed E-state index contributed by atoms with van der Waals surface area (Å²) in [5.41, 5.74) is 1.83. The lowest BCUT2D eigenvalue weighted by atomic mass is 10.1. The number of carbonyl (C=O) groups is 2. The topological polar surface area (TPSA) is 84.9 Å². The van der Waals surface area contributed by atoms with Gasteiger partial charge in [-0.1, -0.05) is 48.5 Å². The maximum Gasteiger partial charge on any atom is 0.330 e. The van der Waals surface area contributed by atoms with Crippen LogP contribution in [-0.2, 0) is 14.3 Å². The molecule has 0 saturated heterocycles. The van der Waals surface area contributed by atoms with Crippen LogP contribution in [0.15, 0.2) is 54.6 Å². The van der Waals surface area contributed by atoms with Crippen molar-refractivity contribution in [1.82, 2.24) is 5.32 Å². The van der Waals surface area contributed by atoms with Crippen LogP contribution in [-0.4, -0.2) is 43.3 Å². The smallest absolute Gasteiger partial charge is 0.330 e. The van der Waals surface area contributed by atoms with Crippen LogP contribution >= 0.6 is 0 Å². The Morgan fingerprint density at radius 1 is 1.08 bits per heavy atom. The Morgan fingerprint density at radius 2 is 1.75 bits per heavy atom. The van der Waals surface area contributed by atoms with Crippen molar-refractivity contribution >= 4 is 11.9 Å². The zero-order valence-electron chi connectivity index (χ0n) is 13.3. The molecule has 0 saturated carbocycles. The fourth-order valence-corrected chi connectivity index (χ4v) is 2.15. The number of aliphatic hydroxyl groups excluding tert-OH is 1. The molecule has 6 heteroatoms. The van der Waals surface area contributed by atoms with Crippen LogP contribution in [0.3, 0.4) is 0 Å². The molecule has 0 spiro atoms. The Hall–Kier alpha value is -2.86. The van der Waals surface area contributed by atoms with Crippen molar-refractivity contribution in [2.24, 2.45) is 0 Å². The molecule has 0 aliphatic carbocycles. The molecule has 6 nitrogen and oxygen atoms in total. The van der Waals surface area contributed by atoms with E-state index in [1.807, 2.05) is 48.5 Å². The van der Waals surface area contributed by atoms with Crippen molar-refractivity contribution in [1.29, 1.82) is 0 Å². The first-order valence-corrected chi connectivity index (χ1v) is 7.41. The van der Waals surface area contributed by atoms with Gasteiger partial charge in [0.2, 0.25) is 0 Å². The molecule has 1 atom stereocenters. The summed E-state index contributed by atoms with van der Waals surface area (Å²) in [6.45, 7) is -0.823. The quantitative estimate of drug-likeness (QED) is 0.750. The number of methoxy groups -OCH3 is 1. The summed E-state index contributed by atoms with van der Waals surface area (Å²) in [6.07, 6.45) is 0. The molecule has 2 aromatic carbocycles. The third-order valence-electron chi connectivity index (χ3n) is 3.33. The van der Waals surface area contributed by atoms with E-state index in [0.717, 1.165) is 11.1 Å². The summed E-state index contributed by atoms with van der Waals surface area (Å²) in [7, 11) is 1.18. The SMILES string of the molecule is COC(=O)[C@@H](CO)NC(=O)COc1ccccc1-c1ccccc1. The summed E-state index contributed by atoms with van der Waals surface area (Å²) in [5.74, 6) is -0.685. The van der Waals surface area contributed by atoms with E-state index < -0.39 is 24.5 Å². The highest BCUT2D eigenvalue weighted by Crippen LogP contribution is 2.29. The highest BCUT2D eigenvalue weighted by molar-refractivity contribution is 5.85. The minimum Gasteiger partial charge on any atom is -0.483 e. The number of ether oxygens (including phenoxy) is 2. The molecule has 0 radical (unpaired) electrons. The van der Waals surface area contributed by atoms with Crippen molar-refractivity contribution < 1.29 is 24.2 Å². The van der Waals surface area contributed by atoms with E-state index in [1.165, 1.54) is 7.11 Å². The van der Waals surface area contributed by atoms with Gasteiger partial charge in [0.1, 0.15) is 5.75 Å². The first kappa shape index (κ1) is 17.5. The lowest BCUT2D eigenvalue weighted by Gasteiger charge is -2.15. The number of para-hydroxylation sites is 1. The molecule has 2 N–H and O–H groups in total. The second kappa shape index (κ2) is 8.69. The molecule has 0 bridgehead atoms. The first-order valence-electron chi connectivity index (χ1n) is 7.41.